The Balaban J connectivity index is 1.81. The van der Waals surface area contributed by atoms with Crippen LogP contribution in [0.5, 0.6) is 0 Å². The lowest BCUT2D eigenvalue weighted by atomic mass is 10.1. The van der Waals surface area contributed by atoms with Crippen LogP contribution in [0.1, 0.15) is 18.0 Å². The van der Waals surface area contributed by atoms with E-state index in [0.29, 0.717) is 0 Å². The molecule has 0 fully saturated rings. The van der Waals surface area contributed by atoms with E-state index in [-0.39, 0.29) is 6.04 Å². The van der Waals surface area contributed by atoms with Gasteiger partial charge in [-0.25, -0.2) is 4.68 Å². The first kappa shape index (κ1) is 12.6. The van der Waals surface area contributed by atoms with Crippen molar-refractivity contribution in [1.82, 2.24) is 15.0 Å². The molecule has 0 aliphatic heterocycles. The number of nitrogens with zero attached hydrogens (tertiary/aromatic N) is 3. The lowest BCUT2D eigenvalue weighted by Crippen LogP contribution is -2.09. The van der Waals surface area contributed by atoms with E-state index in [4.69, 9.17) is 0 Å². The maximum absolute atomic E-state index is 4.27. The summed E-state index contributed by atoms with van der Waals surface area (Å²) in [6, 6.07) is 18.7. The van der Waals surface area contributed by atoms with Crippen LogP contribution in [0.2, 0.25) is 0 Å². The number of benzene rings is 2. The molecular weight excluding hydrogens is 246 g/mol. The van der Waals surface area contributed by atoms with Crippen molar-refractivity contribution in [1.29, 1.82) is 0 Å². The zero-order valence-electron chi connectivity index (χ0n) is 11.3. The Morgan fingerprint density at radius 2 is 1.80 bits per heavy atom. The number of fused-ring (bicyclic) bond motifs is 1. The van der Waals surface area contributed by atoms with E-state index in [1.54, 1.807) is 0 Å². The molecule has 3 aromatic rings. The second-order valence-electron chi connectivity index (χ2n) is 4.85. The fourth-order valence-corrected chi connectivity index (χ4v) is 2.43. The Labute approximate surface area is 118 Å². The van der Waals surface area contributed by atoms with E-state index in [1.807, 2.05) is 41.1 Å². The smallest absolute Gasteiger partial charge is 0.113 e. The van der Waals surface area contributed by atoms with E-state index in [0.717, 1.165) is 23.9 Å². The van der Waals surface area contributed by atoms with Crippen LogP contribution in [0.15, 0.2) is 67.3 Å². The molecule has 3 nitrogen and oxygen atoms in total. The molecule has 0 aliphatic carbocycles. The molecule has 0 spiro atoms. The molecule has 3 heteroatoms. The molecule has 0 amide bonds. The molecule has 100 valence electrons. The summed E-state index contributed by atoms with van der Waals surface area (Å²) in [5, 5.41) is 8.48. The van der Waals surface area contributed by atoms with Gasteiger partial charge in [0.1, 0.15) is 5.52 Å². The first-order valence-electron chi connectivity index (χ1n) is 6.85. The van der Waals surface area contributed by atoms with Gasteiger partial charge in [0.2, 0.25) is 0 Å². The average Bonchev–Trinajstić information content (AvgIpc) is 2.93. The maximum atomic E-state index is 4.27. The Bertz CT molecular complexity index is 700. The summed E-state index contributed by atoms with van der Waals surface area (Å²) in [6.07, 6.45) is 3.93. The molecule has 1 heterocycles. The van der Waals surface area contributed by atoms with Gasteiger partial charge in [0, 0.05) is 0 Å². The van der Waals surface area contributed by atoms with Crippen LogP contribution in [0.25, 0.3) is 11.0 Å². The fraction of sp³-hybridized carbons (Fsp3) is 0.176. The standard InChI is InChI=1S/C17H17N3/c1-2-15(13-12-14-8-4-3-5-9-14)20-17-11-7-6-10-16(17)18-19-20/h2-11,15H,1,12-13H2/t15-/m1/s1. The molecule has 20 heavy (non-hydrogen) atoms. The molecule has 0 aliphatic rings. The van der Waals surface area contributed by atoms with Gasteiger partial charge in [-0.1, -0.05) is 53.8 Å². The molecule has 0 saturated carbocycles. The largest absolute Gasteiger partial charge is 0.238 e. The summed E-state index contributed by atoms with van der Waals surface area (Å²) in [5.41, 5.74) is 3.33. The second kappa shape index (κ2) is 5.70. The predicted octanol–water partition coefficient (Wildman–Crippen LogP) is 3.79. The summed E-state index contributed by atoms with van der Waals surface area (Å²) < 4.78 is 1.96. The molecule has 0 N–H and O–H groups in total. The molecule has 0 unspecified atom stereocenters. The van der Waals surface area contributed by atoms with E-state index >= 15 is 0 Å². The molecule has 2 aromatic carbocycles. The van der Waals surface area contributed by atoms with Gasteiger partial charge < -0.3 is 0 Å². The van der Waals surface area contributed by atoms with E-state index in [1.165, 1.54) is 5.56 Å². The van der Waals surface area contributed by atoms with E-state index in [9.17, 15) is 0 Å². The number of aryl methyl sites for hydroxylation is 1. The van der Waals surface area contributed by atoms with Gasteiger partial charge in [0.25, 0.3) is 0 Å². The van der Waals surface area contributed by atoms with Gasteiger partial charge in [-0.15, -0.1) is 11.7 Å². The lowest BCUT2D eigenvalue weighted by Gasteiger charge is -2.13. The van der Waals surface area contributed by atoms with E-state index < -0.39 is 0 Å². The van der Waals surface area contributed by atoms with Crippen LogP contribution in [0.4, 0.5) is 0 Å². The highest BCUT2D eigenvalue weighted by Crippen LogP contribution is 2.20. The monoisotopic (exact) mass is 263 g/mol. The highest BCUT2D eigenvalue weighted by molar-refractivity contribution is 5.74. The van der Waals surface area contributed by atoms with Gasteiger partial charge >= 0.3 is 0 Å². The first-order chi connectivity index (χ1) is 9.88. The number of hydrogen-bond donors (Lipinski definition) is 0. The first-order valence-corrected chi connectivity index (χ1v) is 6.85. The van der Waals surface area contributed by atoms with Gasteiger partial charge in [-0.05, 0) is 30.5 Å². The van der Waals surface area contributed by atoms with Crippen molar-refractivity contribution in [2.75, 3.05) is 0 Å². The molecule has 3 rings (SSSR count). The van der Waals surface area contributed by atoms with Crippen LogP contribution < -0.4 is 0 Å². The van der Waals surface area contributed by atoms with Gasteiger partial charge in [0.15, 0.2) is 0 Å². The third kappa shape index (κ3) is 2.48. The van der Waals surface area contributed by atoms with Crippen molar-refractivity contribution in [3.05, 3.63) is 72.8 Å². The molecule has 0 bridgehead atoms. The molecule has 1 atom stereocenters. The van der Waals surface area contributed by atoms with Crippen molar-refractivity contribution in [3.8, 4) is 0 Å². The fourth-order valence-electron chi connectivity index (χ4n) is 2.43. The Morgan fingerprint density at radius 1 is 1.05 bits per heavy atom. The van der Waals surface area contributed by atoms with Gasteiger partial charge in [-0.3, -0.25) is 0 Å². The summed E-state index contributed by atoms with van der Waals surface area (Å²) in [5.74, 6) is 0. The summed E-state index contributed by atoms with van der Waals surface area (Å²) in [7, 11) is 0. The van der Waals surface area contributed by atoms with Crippen LogP contribution in [0.3, 0.4) is 0 Å². The normalized spacial score (nSPS) is 12.4. The third-order valence-corrected chi connectivity index (χ3v) is 3.54. The molecule has 1 aromatic heterocycles. The topological polar surface area (TPSA) is 30.7 Å². The van der Waals surface area contributed by atoms with Crippen LogP contribution in [0, 0.1) is 0 Å². The number of para-hydroxylation sites is 1. The summed E-state index contributed by atoms with van der Waals surface area (Å²) in [6.45, 7) is 3.95. The SMILES string of the molecule is C=C[C@H](CCc1ccccc1)n1nnc2ccccc21. The van der Waals surface area contributed by atoms with E-state index in [2.05, 4.69) is 41.2 Å². The minimum atomic E-state index is 0.169. The minimum Gasteiger partial charge on any atom is -0.238 e. The second-order valence-corrected chi connectivity index (χ2v) is 4.85. The highest BCUT2D eigenvalue weighted by atomic mass is 15.4. The molecule has 0 saturated heterocycles. The zero-order valence-corrected chi connectivity index (χ0v) is 11.3. The minimum absolute atomic E-state index is 0.169. The van der Waals surface area contributed by atoms with Crippen molar-refractivity contribution >= 4 is 11.0 Å². The van der Waals surface area contributed by atoms with Crippen LogP contribution in [-0.2, 0) is 6.42 Å². The van der Waals surface area contributed by atoms with Gasteiger partial charge in [-0.2, -0.15) is 0 Å². The van der Waals surface area contributed by atoms with Crippen molar-refractivity contribution in [2.24, 2.45) is 0 Å². The predicted molar refractivity (Wildman–Crippen MR) is 81.5 cm³/mol. The highest BCUT2D eigenvalue weighted by Gasteiger charge is 2.12. The summed E-state index contributed by atoms with van der Waals surface area (Å²) >= 11 is 0. The Morgan fingerprint density at radius 3 is 2.60 bits per heavy atom. The third-order valence-electron chi connectivity index (χ3n) is 3.54. The Hall–Kier alpha value is -2.42. The summed E-state index contributed by atoms with van der Waals surface area (Å²) in [4.78, 5) is 0. The number of allylic oxidation sites excluding steroid dienone is 1. The van der Waals surface area contributed by atoms with Crippen LogP contribution >= 0.6 is 0 Å². The maximum Gasteiger partial charge on any atom is 0.113 e. The van der Waals surface area contributed by atoms with Crippen molar-refractivity contribution in [2.45, 2.75) is 18.9 Å². The molecule has 0 radical (unpaired) electrons. The molecular formula is C17H17N3. The van der Waals surface area contributed by atoms with Gasteiger partial charge in [0.05, 0.1) is 11.6 Å². The number of rotatable bonds is 5. The van der Waals surface area contributed by atoms with Crippen molar-refractivity contribution in [3.63, 3.8) is 0 Å². The zero-order chi connectivity index (χ0) is 13.8. The lowest BCUT2D eigenvalue weighted by molar-refractivity contribution is 0.504. The average molecular weight is 263 g/mol. The number of hydrogen-bond acceptors (Lipinski definition) is 2. The van der Waals surface area contributed by atoms with Crippen LogP contribution in [-0.4, -0.2) is 15.0 Å². The Kier molecular flexibility index (Phi) is 3.59. The number of aromatic nitrogens is 3. The van der Waals surface area contributed by atoms with Crippen molar-refractivity contribution < 1.29 is 0 Å². The quantitative estimate of drug-likeness (QED) is 0.656.